The summed E-state index contributed by atoms with van der Waals surface area (Å²) in [5, 5.41) is 3.23. The Hall–Kier alpha value is -2.34. The second kappa shape index (κ2) is 6.19. The number of aromatic nitrogens is 2. The van der Waals surface area contributed by atoms with Crippen LogP contribution >= 0.6 is 11.3 Å². The van der Waals surface area contributed by atoms with Crippen molar-refractivity contribution in [3.63, 3.8) is 0 Å². The molecule has 2 aliphatic heterocycles. The molecule has 3 aromatic rings. The van der Waals surface area contributed by atoms with Crippen LogP contribution in [0.4, 0.5) is 5.82 Å². The average Bonchev–Trinajstić information content (AvgIpc) is 3.26. The highest BCUT2D eigenvalue weighted by molar-refractivity contribution is 7.16. The summed E-state index contributed by atoms with van der Waals surface area (Å²) in [6.45, 7) is 2.45. The molecule has 1 aromatic carbocycles. The zero-order valence-corrected chi connectivity index (χ0v) is 14.7. The van der Waals surface area contributed by atoms with Crippen molar-refractivity contribution in [3.8, 4) is 11.5 Å². The van der Waals surface area contributed by atoms with E-state index < -0.39 is 0 Å². The van der Waals surface area contributed by atoms with E-state index in [1.165, 1.54) is 5.56 Å². The number of ether oxygens (including phenoxy) is 2. The molecule has 0 spiro atoms. The fraction of sp³-hybridized carbons (Fsp3) is 0.368. The van der Waals surface area contributed by atoms with Crippen LogP contribution < -0.4 is 14.4 Å². The first-order chi connectivity index (χ1) is 12.4. The Kier molecular flexibility index (Phi) is 3.70. The molecule has 0 unspecified atom stereocenters. The van der Waals surface area contributed by atoms with Crippen molar-refractivity contribution in [2.75, 3.05) is 24.7 Å². The molecule has 1 saturated heterocycles. The van der Waals surface area contributed by atoms with Crippen LogP contribution in [0.2, 0.25) is 0 Å². The van der Waals surface area contributed by atoms with E-state index in [-0.39, 0.29) is 0 Å². The normalized spacial score (nSPS) is 20.0. The quantitative estimate of drug-likeness (QED) is 0.691. The molecule has 0 saturated carbocycles. The molecule has 6 heteroatoms. The number of nitrogens with zero attached hydrogens (tertiary/aromatic N) is 3. The Morgan fingerprint density at radius 2 is 1.96 bits per heavy atom. The summed E-state index contributed by atoms with van der Waals surface area (Å²) < 4.78 is 11.6. The molecular weight excluding hydrogens is 334 g/mol. The van der Waals surface area contributed by atoms with Gasteiger partial charge in [0.15, 0.2) is 11.5 Å². The van der Waals surface area contributed by atoms with Crippen LogP contribution in [0.1, 0.15) is 30.9 Å². The van der Waals surface area contributed by atoms with Gasteiger partial charge in [0, 0.05) is 13.0 Å². The molecule has 2 aliphatic rings. The topological polar surface area (TPSA) is 47.5 Å². The third kappa shape index (κ3) is 2.61. The van der Waals surface area contributed by atoms with E-state index in [4.69, 9.17) is 9.47 Å². The monoisotopic (exact) mass is 353 g/mol. The van der Waals surface area contributed by atoms with Crippen molar-refractivity contribution in [2.45, 2.75) is 25.3 Å². The Morgan fingerprint density at radius 3 is 2.92 bits per heavy atom. The number of hydrogen-bond donors (Lipinski definition) is 0. The third-order valence-electron chi connectivity index (χ3n) is 4.92. The minimum atomic E-state index is 0.315. The number of rotatable bonds is 2. The minimum Gasteiger partial charge on any atom is -0.490 e. The third-order valence-corrected chi connectivity index (χ3v) is 5.74. The van der Waals surface area contributed by atoms with Crippen LogP contribution in [0.5, 0.6) is 11.5 Å². The van der Waals surface area contributed by atoms with Gasteiger partial charge in [-0.3, -0.25) is 0 Å². The van der Waals surface area contributed by atoms with E-state index in [9.17, 15) is 0 Å². The maximum Gasteiger partial charge on any atom is 0.161 e. The highest BCUT2D eigenvalue weighted by Crippen LogP contribution is 2.41. The molecule has 2 aromatic heterocycles. The van der Waals surface area contributed by atoms with Gasteiger partial charge in [0.2, 0.25) is 0 Å². The van der Waals surface area contributed by atoms with Gasteiger partial charge < -0.3 is 14.4 Å². The van der Waals surface area contributed by atoms with Crippen LogP contribution in [0.3, 0.4) is 0 Å². The molecule has 0 aliphatic carbocycles. The van der Waals surface area contributed by atoms with Crippen molar-refractivity contribution in [2.24, 2.45) is 0 Å². The minimum absolute atomic E-state index is 0.315. The molecule has 5 rings (SSSR count). The average molecular weight is 353 g/mol. The van der Waals surface area contributed by atoms with Crippen molar-refractivity contribution < 1.29 is 9.47 Å². The second-order valence-electron chi connectivity index (χ2n) is 6.44. The van der Waals surface area contributed by atoms with Gasteiger partial charge in [-0.25, -0.2) is 9.97 Å². The van der Waals surface area contributed by atoms with Crippen molar-refractivity contribution in [3.05, 3.63) is 41.5 Å². The van der Waals surface area contributed by atoms with Crippen LogP contribution in [0.25, 0.3) is 10.2 Å². The van der Waals surface area contributed by atoms with Gasteiger partial charge in [-0.1, -0.05) is 6.07 Å². The van der Waals surface area contributed by atoms with Gasteiger partial charge in [-0.05, 0) is 42.0 Å². The number of anilines is 1. The van der Waals surface area contributed by atoms with Crippen LogP contribution in [-0.2, 0) is 0 Å². The van der Waals surface area contributed by atoms with Crippen molar-refractivity contribution in [1.82, 2.24) is 9.97 Å². The fourth-order valence-corrected chi connectivity index (χ4v) is 4.49. The first-order valence-corrected chi connectivity index (χ1v) is 9.62. The summed E-state index contributed by atoms with van der Waals surface area (Å²) in [5.74, 6) is 2.76. The van der Waals surface area contributed by atoms with E-state index in [1.807, 2.05) is 6.07 Å². The fourth-order valence-electron chi connectivity index (χ4n) is 3.76. The Bertz CT molecular complexity index is 911. The smallest absolute Gasteiger partial charge is 0.161 e. The van der Waals surface area contributed by atoms with E-state index in [0.29, 0.717) is 12.6 Å². The summed E-state index contributed by atoms with van der Waals surface area (Å²) in [5.41, 5.74) is 1.27. The van der Waals surface area contributed by atoms with Gasteiger partial charge in [-0.15, -0.1) is 11.3 Å². The summed E-state index contributed by atoms with van der Waals surface area (Å²) in [6, 6.07) is 8.80. The standard InChI is InChI=1S/C19H19N3O2S/c1-3-15(13-4-5-16-17(11-13)24-9-2-8-23-16)22(7-1)18-14-6-10-25-19(14)21-12-20-18/h4-6,10-12,15H,1-3,7-9H2/t15-/m1/s1. The first kappa shape index (κ1) is 15.0. The highest BCUT2D eigenvalue weighted by atomic mass is 32.1. The number of hydrogen-bond acceptors (Lipinski definition) is 6. The molecule has 1 atom stereocenters. The van der Waals surface area contributed by atoms with Crippen LogP contribution in [0, 0.1) is 0 Å². The summed E-state index contributed by atoms with van der Waals surface area (Å²) >= 11 is 1.66. The molecule has 1 fully saturated rings. The molecule has 0 radical (unpaired) electrons. The molecule has 0 bridgehead atoms. The number of thiophene rings is 1. The lowest BCUT2D eigenvalue weighted by Gasteiger charge is -2.27. The van der Waals surface area contributed by atoms with E-state index in [0.717, 1.165) is 59.9 Å². The maximum absolute atomic E-state index is 5.88. The maximum atomic E-state index is 5.88. The zero-order chi connectivity index (χ0) is 16.6. The Labute approximate surface area is 150 Å². The zero-order valence-electron chi connectivity index (χ0n) is 13.9. The molecule has 25 heavy (non-hydrogen) atoms. The largest absolute Gasteiger partial charge is 0.490 e. The van der Waals surface area contributed by atoms with E-state index >= 15 is 0 Å². The molecule has 0 N–H and O–H groups in total. The molecular formula is C19H19N3O2S. The van der Waals surface area contributed by atoms with Crippen LogP contribution in [-0.4, -0.2) is 29.7 Å². The number of fused-ring (bicyclic) bond motifs is 2. The molecule has 4 heterocycles. The summed E-state index contributed by atoms with van der Waals surface area (Å²) in [6.07, 6.45) is 4.89. The summed E-state index contributed by atoms with van der Waals surface area (Å²) in [4.78, 5) is 12.5. The van der Waals surface area contributed by atoms with Gasteiger partial charge in [0.05, 0.1) is 24.6 Å². The molecule has 0 amide bonds. The van der Waals surface area contributed by atoms with Gasteiger partial charge >= 0.3 is 0 Å². The molecule has 128 valence electrons. The Balaban J connectivity index is 1.53. The highest BCUT2D eigenvalue weighted by Gasteiger charge is 2.29. The Morgan fingerprint density at radius 1 is 1.04 bits per heavy atom. The van der Waals surface area contributed by atoms with Crippen LogP contribution in [0.15, 0.2) is 36.0 Å². The first-order valence-electron chi connectivity index (χ1n) is 8.74. The van der Waals surface area contributed by atoms with Gasteiger partial charge in [-0.2, -0.15) is 0 Å². The van der Waals surface area contributed by atoms with Crippen molar-refractivity contribution in [1.29, 1.82) is 0 Å². The van der Waals surface area contributed by atoms with Crippen molar-refractivity contribution >= 4 is 27.4 Å². The SMILES string of the molecule is c1nc(N2CCC[C@@H]2c2ccc3c(c2)OCCCO3)c2ccsc2n1. The lowest BCUT2D eigenvalue weighted by Crippen LogP contribution is -2.23. The lowest BCUT2D eigenvalue weighted by atomic mass is 10.0. The predicted molar refractivity (Wildman–Crippen MR) is 98.8 cm³/mol. The summed E-state index contributed by atoms with van der Waals surface area (Å²) in [7, 11) is 0. The van der Waals surface area contributed by atoms with E-state index in [2.05, 4.69) is 38.4 Å². The predicted octanol–water partition coefficient (Wildman–Crippen LogP) is 4.19. The molecule has 5 nitrogen and oxygen atoms in total. The number of benzene rings is 1. The second-order valence-corrected chi connectivity index (χ2v) is 7.34. The lowest BCUT2D eigenvalue weighted by molar-refractivity contribution is 0.297. The van der Waals surface area contributed by atoms with Gasteiger partial charge in [0.1, 0.15) is 17.0 Å². The van der Waals surface area contributed by atoms with Gasteiger partial charge in [0.25, 0.3) is 0 Å². The van der Waals surface area contributed by atoms with E-state index in [1.54, 1.807) is 17.7 Å².